The summed E-state index contributed by atoms with van der Waals surface area (Å²) < 4.78 is 0. The van der Waals surface area contributed by atoms with Gasteiger partial charge in [0.25, 0.3) is 0 Å². The molecule has 0 aliphatic heterocycles. The van der Waals surface area contributed by atoms with E-state index in [9.17, 15) is 29.1 Å². The van der Waals surface area contributed by atoms with Crippen LogP contribution in [-0.4, -0.2) is 65.4 Å². The first-order valence-corrected chi connectivity index (χ1v) is 11.9. The van der Waals surface area contributed by atoms with Crippen molar-refractivity contribution in [2.75, 3.05) is 6.54 Å². The minimum absolute atomic E-state index is 0.0883. The summed E-state index contributed by atoms with van der Waals surface area (Å²) in [6.07, 6.45) is 0.673. The second-order valence-electron chi connectivity index (χ2n) is 8.94. The zero-order chi connectivity index (χ0) is 27.3. The van der Waals surface area contributed by atoms with Gasteiger partial charge in [-0.15, -0.1) is 0 Å². The number of carbonyl (C=O) groups is 5. The Morgan fingerprint density at radius 1 is 0.861 bits per heavy atom. The van der Waals surface area contributed by atoms with Crippen molar-refractivity contribution in [1.29, 1.82) is 0 Å². The highest BCUT2D eigenvalue weighted by Crippen LogP contribution is 2.07. The number of benzene rings is 1. The lowest BCUT2D eigenvalue weighted by Crippen LogP contribution is -2.58. The zero-order valence-corrected chi connectivity index (χ0v) is 20.7. The van der Waals surface area contributed by atoms with Crippen LogP contribution in [0.1, 0.15) is 45.1 Å². The van der Waals surface area contributed by atoms with E-state index < -0.39 is 60.2 Å². The molecule has 0 heterocycles. The molecule has 0 aromatic heterocycles. The van der Waals surface area contributed by atoms with Crippen molar-refractivity contribution in [1.82, 2.24) is 16.0 Å². The lowest BCUT2D eigenvalue weighted by molar-refractivity contribution is -0.142. The van der Waals surface area contributed by atoms with Crippen LogP contribution in [0.15, 0.2) is 30.3 Å². The average molecular weight is 507 g/mol. The number of carboxylic acid groups (broad SMARTS) is 1. The van der Waals surface area contributed by atoms with Gasteiger partial charge in [0.2, 0.25) is 23.6 Å². The summed E-state index contributed by atoms with van der Waals surface area (Å²) in [4.78, 5) is 61.8. The lowest BCUT2D eigenvalue weighted by Gasteiger charge is -2.25. The van der Waals surface area contributed by atoms with Crippen LogP contribution < -0.4 is 33.2 Å². The molecule has 0 fully saturated rings. The first kappa shape index (κ1) is 30.5. The molecule has 1 aromatic carbocycles. The zero-order valence-electron chi connectivity index (χ0n) is 20.7. The van der Waals surface area contributed by atoms with Gasteiger partial charge in [-0.2, -0.15) is 0 Å². The number of rotatable bonds is 16. The molecule has 0 bridgehead atoms. The Labute approximate surface area is 210 Å². The number of primary amides is 1. The molecule has 0 saturated heterocycles. The minimum atomic E-state index is -1.44. The van der Waals surface area contributed by atoms with E-state index in [-0.39, 0.29) is 18.8 Å². The topological polar surface area (TPSA) is 220 Å². The fourth-order valence-electron chi connectivity index (χ4n) is 3.34. The van der Waals surface area contributed by atoms with Crippen molar-refractivity contribution in [2.45, 2.75) is 70.1 Å². The normalized spacial score (nSPS) is 14.2. The van der Waals surface area contributed by atoms with Crippen molar-refractivity contribution in [3.05, 3.63) is 35.9 Å². The summed E-state index contributed by atoms with van der Waals surface area (Å²) in [5, 5.41) is 16.8. The standard InChI is InChI=1S/C24H38N6O6/c1-14(2)20(27)23(34)30-17(12-15-8-4-3-5-9-15)21(32)29-18(13-19(26)31)22(33)28-16(24(35)36)10-6-7-11-25/h3-5,8-9,14,16-18,20H,6-7,10-13,25,27H2,1-2H3,(H2,26,31)(H,28,33)(H,29,32)(H,30,34)(H,35,36). The molecule has 1 aromatic rings. The van der Waals surface area contributed by atoms with Crippen LogP contribution >= 0.6 is 0 Å². The molecule has 10 N–H and O–H groups in total. The SMILES string of the molecule is CC(C)C(N)C(=O)NC(Cc1ccccc1)C(=O)NC(CC(N)=O)C(=O)NC(CCCCN)C(=O)O. The van der Waals surface area contributed by atoms with Gasteiger partial charge in [-0.05, 0) is 37.3 Å². The number of amides is 4. The maximum Gasteiger partial charge on any atom is 0.326 e. The maximum atomic E-state index is 13.2. The number of carbonyl (C=O) groups excluding carboxylic acids is 4. The van der Waals surface area contributed by atoms with E-state index >= 15 is 0 Å². The number of hydrogen-bond acceptors (Lipinski definition) is 7. The molecule has 12 heteroatoms. The van der Waals surface area contributed by atoms with Gasteiger partial charge >= 0.3 is 5.97 Å². The first-order chi connectivity index (χ1) is 17.0. The fourth-order valence-corrected chi connectivity index (χ4v) is 3.34. The van der Waals surface area contributed by atoms with Gasteiger partial charge in [0, 0.05) is 6.42 Å². The van der Waals surface area contributed by atoms with E-state index in [2.05, 4.69) is 16.0 Å². The molecule has 200 valence electrons. The van der Waals surface area contributed by atoms with Crippen molar-refractivity contribution in [3.8, 4) is 0 Å². The van der Waals surface area contributed by atoms with E-state index in [4.69, 9.17) is 17.2 Å². The lowest BCUT2D eigenvalue weighted by atomic mass is 10.0. The Bertz CT molecular complexity index is 894. The van der Waals surface area contributed by atoms with Gasteiger partial charge in [-0.3, -0.25) is 19.2 Å². The van der Waals surface area contributed by atoms with E-state index in [1.807, 2.05) is 0 Å². The summed E-state index contributed by atoms with van der Waals surface area (Å²) in [5.74, 6) is -4.52. The van der Waals surface area contributed by atoms with E-state index in [0.29, 0.717) is 19.4 Å². The second kappa shape index (κ2) is 15.5. The molecular formula is C24H38N6O6. The van der Waals surface area contributed by atoms with Crippen LogP contribution in [-0.2, 0) is 30.4 Å². The van der Waals surface area contributed by atoms with Crippen LogP contribution in [0.25, 0.3) is 0 Å². The van der Waals surface area contributed by atoms with Crippen LogP contribution in [0.3, 0.4) is 0 Å². The smallest absolute Gasteiger partial charge is 0.326 e. The number of hydrogen-bond donors (Lipinski definition) is 7. The fraction of sp³-hybridized carbons (Fsp3) is 0.542. The Morgan fingerprint density at radius 2 is 1.42 bits per heavy atom. The van der Waals surface area contributed by atoms with Crippen LogP contribution in [0, 0.1) is 5.92 Å². The van der Waals surface area contributed by atoms with Crippen LogP contribution in [0.2, 0.25) is 0 Å². The Morgan fingerprint density at radius 3 is 1.94 bits per heavy atom. The van der Waals surface area contributed by atoms with E-state index in [0.717, 1.165) is 5.56 Å². The Kier molecular flexibility index (Phi) is 13.1. The molecule has 0 aliphatic carbocycles. The molecule has 4 unspecified atom stereocenters. The Hall–Kier alpha value is -3.51. The molecule has 0 spiro atoms. The summed E-state index contributed by atoms with van der Waals surface area (Å²) in [5.41, 5.74) is 17.3. The predicted molar refractivity (Wildman–Crippen MR) is 133 cm³/mol. The van der Waals surface area contributed by atoms with Crippen molar-refractivity contribution in [3.63, 3.8) is 0 Å². The molecule has 12 nitrogen and oxygen atoms in total. The molecule has 0 radical (unpaired) electrons. The van der Waals surface area contributed by atoms with Crippen LogP contribution in [0.5, 0.6) is 0 Å². The highest BCUT2D eigenvalue weighted by molar-refractivity contribution is 5.96. The number of nitrogens with two attached hydrogens (primary N) is 3. The van der Waals surface area contributed by atoms with Gasteiger partial charge in [0.05, 0.1) is 12.5 Å². The predicted octanol–water partition coefficient (Wildman–Crippen LogP) is -1.24. The van der Waals surface area contributed by atoms with Gasteiger partial charge in [0.1, 0.15) is 18.1 Å². The number of nitrogens with one attached hydrogen (secondary N) is 3. The average Bonchev–Trinajstić information content (AvgIpc) is 2.82. The van der Waals surface area contributed by atoms with Gasteiger partial charge in [-0.1, -0.05) is 44.2 Å². The third-order valence-corrected chi connectivity index (χ3v) is 5.54. The molecule has 36 heavy (non-hydrogen) atoms. The van der Waals surface area contributed by atoms with Crippen molar-refractivity contribution in [2.24, 2.45) is 23.1 Å². The highest BCUT2D eigenvalue weighted by Gasteiger charge is 2.31. The quantitative estimate of drug-likeness (QED) is 0.134. The summed E-state index contributed by atoms with van der Waals surface area (Å²) in [6.45, 7) is 3.89. The van der Waals surface area contributed by atoms with Crippen LogP contribution in [0.4, 0.5) is 0 Å². The van der Waals surface area contributed by atoms with Gasteiger partial charge in [-0.25, -0.2) is 4.79 Å². The van der Waals surface area contributed by atoms with Gasteiger partial charge < -0.3 is 38.3 Å². The largest absolute Gasteiger partial charge is 0.480 e. The summed E-state index contributed by atoms with van der Waals surface area (Å²) in [7, 11) is 0. The monoisotopic (exact) mass is 506 g/mol. The third kappa shape index (κ3) is 10.8. The third-order valence-electron chi connectivity index (χ3n) is 5.54. The number of unbranched alkanes of at least 4 members (excludes halogenated alkanes) is 1. The summed E-state index contributed by atoms with van der Waals surface area (Å²) in [6, 6.07) is 4.20. The van der Waals surface area contributed by atoms with E-state index in [1.165, 1.54) is 0 Å². The molecule has 1 rings (SSSR count). The highest BCUT2D eigenvalue weighted by atomic mass is 16.4. The molecular weight excluding hydrogens is 468 g/mol. The molecule has 4 atom stereocenters. The maximum absolute atomic E-state index is 13.2. The number of aliphatic carboxylic acids is 1. The first-order valence-electron chi connectivity index (χ1n) is 11.9. The summed E-state index contributed by atoms with van der Waals surface area (Å²) >= 11 is 0. The molecule has 4 amide bonds. The van der Waals surface area contributed by atoms with Crippen molar-refractivity contribution < 1.29 is 29.1 Å². The van der Waals surface area contributed by atoms with Gasteiger partial charge in [0.15, 0.2) is 0 Å². The second-order valence-corrected chi connectivity index (χ2v) is 8.94. The van der Waals surface area contributed by atoms with Crippen molar-refractivity contribution >= 4 is 29.6 Å². The van der Waals surface area contributed by atoms with E-state index in [1.54, 1.807) is 44.2 Å². The molecule has 0 aliphatic rings. The Balaban J connectivity index is 3.07. The molecule has 0 saturated carbocycles. The number of carboxylic acids is 1. The minimum Gasteiger partial charge on any atom is -0.480 e.